The van der Waals surface area contributed by atoms with E-state index in [0.717, 1.165) is 11.3 Å². The van der Waals surface area contributed by atoms with Gasteiger partial charge in [-0.2, -0.15) is 0 Å². The first kappa shape index (κ1) is 10.4. The van der Waals surface area contributed by atoms with Crippen molar-refractivity contribution in [3.05, 3.63) is 26.3 Å². The zero-order valence-corrected chi connectivity index (χ0v) is 9.98. The zero-order chi connectivity index (χ0) is 11.0. The minimum absolute atomic E-state index is 0.384. The number of ether oxygens (including phenoxy) is 1. The third kappa shape index (κ3) is 2.10. The topological polar surface area (TPSA) is 56.5 Å². The third-order valence-corrected chi connectivity index (χ3v) is 2.99. The van der Waals surface area contributed by atoms with E-state index in [-0.39, 0.29) is 4.94 Å². The van der Waals surface area contributed by atoms with Gasteiger partial charge in [0.2, 0.25) is 0 Å². The quantitative estimate of drug-likeness (QED) is 0.598. The van der Waals surface area contributed by atoms with Gasteiger partial charge in [0.05, 0.1) is 9.17 Å². The van der Waals surface area contributed by atoms with Gasteiger partial charge in [0.15, 0.2) is 5.58 Å². The highest BCUT2D eigenvalue weighted by atomic mass is 79.9. The first-order valence-electron chi connectivity index (χ1n) is 3.98. The van der Waals surface area contributed by atoms with Crippen molar-refractivity contribution in [1.82, 2.24) is 0 Å². The van der Waals surface area contributed by atoms with E-state index in [0.29, 0.717) is 20.5 Å². The molecule has 0 saturated heterocycles. The Morgan fingerprint density at radius 1 is 1.53 bits per heavy atom. The van der Waals surface area contributed by atoms with E-state index in [4.69, 9.17) is 9.15 Å². The zero-order valence-electron chi connectivity index (χ0n) is 7.57. The fourth-order valence-corrected chi connectivity index (χ4v) is 2.51. The summed E-state index contributed by atoms with van der Waals surface area (Å²) in [5, 5.41) is 0. The Balaban J connectivity index is 2.61. The molecule has 78 valence electrons. The van der Waals surface area contributed by atoms with Crippen molar-refractivity contribution in [1.29, 1.82) is 0 Å². The number of fused-ring (bicyclic) bond motifs is 1. The number of esters is 1. The number of rotatable bonds is 1. The molecule has 0 spiro atoms. The molecule has 1 aromatic carbocycles. The maximum Gasteiger partial charge on any atom is 0.396 e. The molecule has 0 unspecified atom stereocenters. The van der Waals surface area contributed by atoms with Crippen molar-refractivity contribution in [3.63, 3.8) is 0 Å². The van der Waals surface area contributed by atoms with Crippen LogP contribution in [-0.4, -0.2) is 5.97 Å². The molecule has 0 aliphatic heterocycles. The number of carbonyl (C=O) groups excluding carboxylic acids is 1. The van der Waals surface area contributed by atoms with Crippen molar-refractivity contribution >= 4 is 43.5 Å². The Hall–Kier alpha value is -1.14. The standard InChI is InChI=1S/C9H5BrO4S/c1-4(11)13-5-2-6(10)8-7(3-5)15-9(12)14-8/h2-3H,1H3. The molecular weight excluding hydrogens is 284 g/mol. The molecule has 4 nitrogen and oxygen atoms in total. The summed E-state index contributed by atoms with van der Waals surface area (Å²) in [4.78, 5) is 21.4. The van der Waals surface area contributed by atoms with Crippen molar-refractivity contribution in [2.45, 2.75) is 6.92 Å². The fourth-order valence-electron chi connectivity index (χ4n) is 1.14. The lowest BCUT2D eigenvalue weighted by Gasteiger charge is -2.00. The normalized spacial score (nSPS) is 10.5. The second kappa shape index (κ2) is 3.79. The minimum atomic E-state index is -0.405. The van der Waals surface area contributed by atoms with Gasteiger partial charge in [0.25, 0.3) is 0 Å². The van der Waals surface area contributed by atoms with E-state index >= 15 is 0 Å². The van der Waals surface area contributed by atoms with E-state index in [1.54, 1.807) is 12.1 Å². The Morgan fingerprint density at radius 3 is 2.93 bits per heavy atom. The van der Waals surface area contributed by atoms with Gasteiger partial charge in [0.1, 0.15) is 5.75 Å². The largest absolute Gasteiger partial charge is 0.427 e. The van der Waals surface area contributed by atoms with Crippen LogP contribution in [-0.2, 0) is 4.79 Å². The summed E-state index contributed by atoms with van der Waals surface area (Å²) >= 11 is 4.20. The van der Waals surface area contributed by atoms with E-state index in [2.05, 4.69) is 15.9 Å². The number of hydrogen-bond donors (Lipinski definition) is 0. The number of benzene rings is 1. The Labute approximate surface area is 96.6 Å². The van der Waals surface area contributed by atoms with E-state index in [1.807, 2.05) is 0 Å². The van der Waals surface area contributed by atoms with Gasteiger partial charge in [-0.3, -0.25) is 4.79 Å². The van der Waals surface area contributed by atoms with Crippen molar-refractivity contribution in [3.8, 4) is 5.75 Å². The number of carbonyl (C=O) groups is 1. The average Bonchev–Trinajstić information content (AvgIpc) is 2.44. The van der Waals surface area contributed by atoms with E-state index < -0.39 is 5.97 Å². The lowest BCUT2D eigenvalue weighted by atomic mass is 10.3. The molecule has 2 aromatic rings. The Morgan fingerprint density at radius 2 is 2.27 bits per heavy atom. The Bertz CT molecular complexity index is 583. The second-order valence-electron chi connectivity index (χ2n) is 2.78. The third-order valence-electron chi connectivity index (χ3n) is 1.62. The molecule has 0 saturated carbocycles. The van der Waals surface area contributed by atoms with Gasteiger partial charge in [-0.25, -0.2) is 4.79 Å². The van der Waals surface area contributed by atoms with Gasteiger partial charge in [-0.1, -0.05) is 11.3 Å². The molecule has 0 N–H and O–H groups in total. The Kier molecular flexibility index (Phi) is 2.62. The van der Waals surface area contributed by atoms with Crippen molar-refractivity contribution in [2.75, 3.05) is 0 Å². The molecule has 6 heteroatoms. The van der Waals surface area contributed by atoms with Crippen LogP contribution in [0.4, 0.5) is 0 Å². The highest BCUT2D eigenvalue weighted by Crippen LogP contribution is 2.30. The van der Waals surface area contributed by atoms with E-state index in [9.17, 15) is 9.59 Å². The van der Waals surface area contributed by atoms with Crippen LogP contribution in [0.1, 0.15) is 6.92 Å². The summed E-state index contributed by atoms with van der Waals surface area (Å²) in [6, 6.07) is 3.18. The lowest BCUT2D eigenvalue weighted by Crippen LogP contribution is -2.00. The van der Waals surface area contributed by atoms with Gasteiger partial charge in [-0.05, 0) is 22.0 Å². The molecule has 1 aromatic heterocycles. The summed E-state index contributed by atoms with van der Waals surface area (Å²) in [6.45, 7) is 1.32. The predicted octanol–water partition coefficient (Wildman–Crippen LogP) is 2.54. The number of hydrogen-bond acceptors (Lipinski definition) is 5. The van der Waals surface area contributed by atoms with Crippen LogP contribution in [0.25, 0.3) is 10.3 Å². The van der Waals surface area contributed by atoms with Gasteiger partial charge < -0.3 is 9.15 Å². The summed E-state index contributed by atoms with van der Waals surface area (Å²) in [5.41, 5.74) is 0.473. The molecule has 0 aliphatic rings. The maximum atomic E-state index is 11.0. The molecule has 0 amide bonds. The first-order chi connectivity index (χ1) is 7.06. The maximum absolute atomic E-state index is 11.0. The molecule has 0 fully saturated rings. The van der Waals surface area contributed by atoms with Crippen LogP contribution < -0.4 is 9.68 Å². The molecule has 0 radical (unpaired) electrons. The predicted molar refractivity (Wildman–Crippen MR) is 59.4 cm³/mol. The average molecular weight is 289 g/mol. The SMILES string of the molecule is CC(=O)Oc1cc(Br)c2oc(=O)sc2c1. The summed E-state index contributed by atoms with van der Waals surface area (Å²) in [6.07, 6.45) is 0. The molecule has 1 heterocycles. The van der Waals surface area contributed by atoms with Crippen LogP contribution in [0.15, 0.2) is 25.8 Å². The van der Waals surface area contributed by atoms with Crippen LogP contribution in [0.3, 0.4) is 0 Å². The minimum Gasteiger partial charge on any atom is -0.427 e. The van der Waals surface area contributed by atoms with Crippen LogP contribution in [0, 0.1) is 0 Å². The first-order valence-corrected chi connectivity index (χ1v) is 5.59. The van der Waals surface area contributed by atoms with Crippen LogP contribution in [0.2, 0.25) is 0 Å². The highest BCUT2D eigenvalue weighted by molar-refractivity contribution is 9.10. The molecule has 2 rings (SSSR count). The molecule has 0 atom stereocenters. The summed E-state index contributed by atoms with van der Waals surface area (Å²) < 4.78 is 11.1. The summed E-state index contributed by atoms with van der Waals surface area (Å²) in [7, 11) is 0. The molecular formula is C9H5BrO4S. The van der Waals surface area contributed by atoms with Gasteiger partial charge in [0, 0.05) is 13.0 Å². The smallest absolute Gasteiger partial charge is 0.396 e. The molecule has 0 bridgehead atoms. The summed E-state index contributed by atoms with van der Waals surface area (Å²) in [5.74, 6) is -0.0176. The van der Waals surface area contributed by atoms with Crippen molar-refractivity contribution < 1.29 is 13.9 Å². The van der Waals surface area contributed by atoms with Gasteiger partial charge >= 0.3 is 10.9 Å². The highest BCUT2D eigenvalue weighted by Gasteiger charge is 2.09. The van der Waals surface area contributed by atoms with Crippen LogP contribution in [0.5, 0.6) is 5.75 Å². The lowest BCUT2D eigenvalue weighted by molar-refractivity contribution is -0.131. The van der Waals surface area contributed by atoms with Gasteiger partial charge in [-0.15, -0.1) is 0 Å². The van der Waals surface area contributed by atoms with Crippen LogP contribution >= 0.6 is 27.3 Å². The van der Waals surface area contributed by atoms with E-state index in [1.165, 1.54) is 6.92 Å². The second-order valence-corrected chi connectivity index (χ2v) is 4.61. The van der Waals surface area contributed by atoms with Crippen molar-refractivity contribution in [2.24, 2.45) is 0 Å². The molecule has 15 heavy (non-hydrogen) atoms. The fraction of sp³-hybridized carbons (Fsp3) is 0.111. The monoisotopic (exact) mass is 288 g/mol. The number of halogens is 1. The molecule has 0 aliphatic carbocycles.